The second-order valence-electron chi connectivity index (χ2n) is 6.36. The molecular formula is C18H26N4O4. The van der Waals surface area contributed by atoms with Gasteiger partial charge in [0, 0.05) is 29.9 Å². The van der Waals surface area contributed by atoms with Crippen molar-refractivity contribution in [1.82, 2.24) is 10.2 Å². The highest BCUT2D eigenvalue weighted by atomic mass is 16.4. The van der Waals surface area contributed by atoms with Gasteiger partial charge in [-0.05, 0) is 43.7 Å². The van der Waals surface area contributed by atoms with Gasteiger partial charge in [0.2, 0.25) is 5.91 Å². The van der Waals surface area contributed by atoms with Crippen molar-refractivity contribution in [2.24, 2.45) is 0 Å². The van der Waals surface area contributed by atoms with Crippen LogP contribution in [-0.2, 0) is 9.59 Å². The van der Waals surface area contributed by atoms with Gasteiger partial charge >= 0.3 is 12.0 Å². The molecule has 0 aliphatic heterocycles. The lowest BCUT2D eigenvalue weighted by molar-refractivity contribution is -0.139. The van der Waals surface area contributed by atoms with Crippen molar-refractivity contribution in [3.05, 3.63) is 24.3 Å². The number of likely N-dealkylation sites (N-methyl/N-ethyl adjacent to an activating group) is 1. The summed E-state index contributed by atoms with van der Waals surface area (Å²) in [6.07, 6.45) is 1.90. The lowest BCUT2D eigenvalue weighted by Crippen LogP contribution is -2.55. The first kappa shape index (κ1) is 19.7. The van der Waals surface area contributed by atoms with Crippen LogP contribution in [0.3, 0.4) is 0 Å². The number of rotatable bonds is 8. The highest BCUT2D eigenvalue weighted by Gasteiger charge is 2.34. The number of carboxylic acids is 1. The van der Waals surface area contributed by atoms with Crippen LogP contribution in [0.2, 0.25) is 0 Å². The van der Waals surface area contributed by atoms with Gasteiger partial charge in [-0.25, -0.2) is 4.79 Å². The summed E-state index contributed by atoms with van der Waals surface area (Å²) in [4.78, 5) is 36.1. The predicted octanol–water partition coefficient (Wildman–Crippen LogP) is 2.09. The molecule has 0 unspecified atom stereocenters. The Labute approximate surface area is 152 Å². The normalized spacial score (nSPS) is 18.7. The second kappa shape index (κ2) is 9.19. The number of urea groups is 1. The Bertz CT molecular complexity index is 641. The first-order valence-electron chi connectivity index (χ1n) is 8.84. The molecule has 0 radical (unpaired) electrons. The maximum atomic E-state index is 12.0. The fourth-order valence-electron chi connectivity index (χ4n) is 2.92. The van der Waals surface area contributed by atoms with Crippen LogP contribution in [0.15, 0.2) is 24.3 Å². The Morgan fingerprint density at radius 3 is 2.15 bits per heavy atom. The first-order valence-corrected chi connectivity index (χ1v) is 8.84. The Morgan fingerprint density at radius 2 is 1.65 bits per heavy atom. The quantitative estimate of drug-likeness (QED) is 0.566. The Morgan fingerprint density at radius 1 is 1.08 bits per heavy atom. The number of benzene rings is 1. The molecule has 1 aliphatic carbocycles. The van der Waals surface area contributed by atoms with Crippen LogP contribution in [0, 0.1) is 0 Å². The SMILES string of the molecule is CCC(=O)Nc1ccc(NC(=O)NC2CC(N(CC)CC(=O)O)C2)cc1. The molecule has 26 heavy (non-hydrogen) atoms. The summed E-state index contributed by atoms with van der Waals surface area (Å²) in [6, 6.07) is 6.86. The maximum absolute atomic E-state index is 12.0. The van der Waals surface area contributed by atoms with E-state index in [0.717, 1.165) is 12.8 Å². The van der Waals surface area contributed by atoms with Crippen LogP contribution in [0.4, 0.5) is 16.2 Å². The largest absolute Gasteiger partial charge is 0.480 e. The molecule has 1 aliphatic rings. The lowest BCUT2D eigenvalue weighted by Gasteiger charge is -2.42. The number of hydrogen-bond acceptors (Lipinski definition) is 4. The number of nitrogens with zero attached hydrogens (tertiary/aromatic N) is 1. The molecule has 0 atom stereocenters. The van der Waals surface area contributed by atoms with Gasteiger partial charge in [-0.1, -0.05) is 13.8 Å². The van der Waals surface area contributed by atoms with Crippen molar-refractivity contribution in [1.29, 1.82) is 0 Å². The maximum Gasteiger partial charge on any atom is 0.319 e. The number of aliphatic carboxylic acids is 1. The summed E-state index contributed by atoms with van der Waals surface area (Å²) >= 11 is 0. The summed E-state index contributed by atoms with van der Waals surface area (Å²) in [5.41, 5.74) is 1.32. The number of carboxylic acid groups (broad SMARTS) is 1. The molecule has 1 aromatic carbocycles. The van der Waals surface area contributed by atoms with Crippen LogP contribution in [0.1, 0.15) is 33.1 Å². The number of nitrogens with one attached hydrogen (secondary N) is 3. The molecule has 0 aromatic heterocycles. The van der Waals surface area contributed by atoms with Crippen LogP contribution in [0.25, 0.3) is 0 Å². The van der Waals surface area contributed by atoms with E-state index in [9.17, 15) is 14.4 Å². The lowest BCUT2D eigenvalue weighted by atomic mass is 9.85. The van der Waals surface area contributed by atoms with Gasteiger partial charge in [0.1, 0.15) is 0 Å². The van der Waals surface area contributed by atoms with E-state index >= 15 is 0 Å². The van der Waals surface area contributed by atoms with E-state index in [-0.39, 0.29) is 30.6 Å². The van der Waals surface area contributed by atoms with E-state index in [2.05, 4.69) is 16.0 Å². The molecule has 3 amide bonds. The third-order valence-electron chi connectivity index (χ3n) is 4.46. The van der Waals surface area contributed by atoms with Crippen molar-refractivity contribution in [2.75, 3.05) is 23.7 Å². The Balaban J connectivity index is 1.74. The monoisotopic (exact) mass is 362 g/mol. The number of carbonyl (C=O) groups is 3. The van der Waals surface area contributed by atoms with Gasteiger partial charge in [0.15, 0.2) is 0 Å². The molecule has 8 heteroatoms. The van der Waals surface area contributed by atoms with Gasteiger partial charge in [0.05, 0.1) is 6.54 Å². The molecule has 4 N–H and O–H groups in total. The molecule has 0 heterocycles. The van der Waals surface area contributed by atoms with Gasteiger partial charge in [-0.3, -0.25) is 14.5 Å². The second-order valence-corrected chi connectivity index (χ2v) is 6.36. The number of carbonyl (C=O) groups excluding carboxylic acids is 2. The molecule has 1 aromatic rings. The van der Waals surface area contributed by atoms with Crippen LogP contribution in [-0.4, -0.2) is 53.1 Å². The third kappa shape index (κ3) is 5.73. The molecule has 0 spiro atoms. The topological polar surface area (TPSA) is 111 Å². The minimum absolute atomic E-state index is 0.0288. The molecular weight excluding hydrogens is 336 g/mol. The minimum Gasteiger partial charge on any atom is -0.480 e. The number of anilines is 2. The molecule has 0 bridgehead atoms. The van der Waals surface area contributed by atoms with Gasteiger partial charge in [-0.15, -0.1) is 0 Å². The first-order chi connectivity index (χ1) is 12.4. The van der Waals surface area contributed by atoms with E-state index < -0.39 is 5.97 Å². The highest BCUT2D eigenvalue weighted by molar-refractivity contribution is 5.92. The van der Waals surface area contributed by atoms with Crippen LogP contribution >= 0.6 is 0 Å². The number of amides is 3. The summed E-state index contributed by atoms with van der Waals surface area (Å²) in [5, 5.41) is 17.3. The summed E-state index contributed by atoms with van der Waals surface area (Å²) < 4.78 is 0. The predicted molar refractivity (Wildman–Crippen MR) is 99.2 cm³/mol. The minimum atomic E-state index is -0.834. The zero-order chi connectivity index (χ0) is 19.1. The third-order valence-corrected chi connectivity index (χ3v) is 4.46. The molecule has 1 fully saturated rings. The van der Waals surface area contributed by atoms with Crippen molar-refractivity contribution in [2.45, 2.75) is 45.2 Å². The average Bonchev–Trinajstić information content (AvgIpc) is 2.57. The summed E-state index contributed by atoms with van der Waals surface area (Å²) in [7, 11) is 0. The fraction of sp³-hybridized carbons (Fsp3) is 0.500. The Hall–Kier alpha value is -2.61. The van der Waals surface area contributed by atoms with Crippen molar-refractivity contribution in [3.8, 4) is 0 Å². The van der Waals surface area contributed by atoms with Crippen LogP contribution in [0.5, 0.6) is 0 Å². The van der Waals surface area contributed by atoms with E-state index in [1.165, 1.54) is 0 Å². The molecule has 2 rings (SSSR count). The van der Waals surface area contributed by atoms with Crippen molar-refractivity contribution in [3.63, 3.8) is 0 Å². The highest BCUT2D eigenvalue weighted by Crippen LogP contribution is 2.25. The molecule has 1 saturated carbocycles. The average molecular weight is 362 g/mol. The summed E-state index contributed by atoms with van der Waals surface area (Å²) in [5.74, 6) is -0.897. The molecule has 0 saturated heterocycles. The van der Waals surface area contributed by atoms with Gasteiger partial charge in [-0.2, -0.15) is 0 Å². The molecule has 142 valence electrons. The van der Waals surface area contributed by atoms with Crippen LogP contribution < -0.4 is 16.0 Å². The van der Waals surface area contributed by atoms with Crippen molar-refractivity contribution < 1.29 is 19.5 Å². The Kier molecular flexibility index (Phi) is 6.97. The number of hydrogen-bond donors (Lipinski definition) is 4. The fourth-order valence-corrected chi connectivity index (χ4v) is 2.92. The van der Waals surface area contributed by atoms with E-state index in [1.54, 1.807) is 31.2 Å². The van der Waals surface area contributed by atoms with E-state index in [1.807, 2.05) is 11.8 Å². The molecule has 8 nitrogen and oxygen atoms in total. The smallest absolute Gasteiger partial charge is 0.319 e. The van der Waals surface area contributed by atoms with Crippen molar-refractivity contribution >= 4 is 29.3 Å². The standard InChI is InChI=1S/C18H26N4O4/c1-3-16(23)19-12-5-7-13(8-6-12)20-18(26)21-14-9-15(10-14)22(4-2)11-17(24)25/h5-8,14-15H,3-4,9-11H2,1-2H3,(H,19,23)(H,24,25)(H2,20,21,26). The van der Waals surface area contributed by atoms with Gasteiger partial charge < -0.3 is 21.1 Å². The summed E-state index contributed by atoms with van der Waals surface area (Å²) in [6.45, 7) is 4.42. The van der Waals surface area contributed by atoms with E-state index in [4.69, 9.17) is 5.11 Å². The zero-order valence-corrected chi connectivity index (χ0v) is 15.1. The van der Waals surface area contributed by atoms with Gasteiger partial charge in [0.25, 0.3) is 0 Å². The van der Waals surface area contributed by atoms with E-state index in [0.29, 0.717) is 24.3 Å². The zero-order valence-electron chi connectivity index (χ0n) is 15.1.